The summed E-state index contributed by atoms with van der Waals surface area (Å²) >= 11 is 0. The van der Waals surface area contributed by atoms with Gasteiger partial charge in [-0.3, -0.25) is 4.79 Å². The van der Waals surface area contributed by atoms with Crippen LogP contribution >= 0.6 is 0 Å². The average molecular weight is 311 g/mol. The third kappa shape index (κ3) is 3.55. The average Bonchev–Trinajstić information content (AvgIpc) is 2.47. The van der Waals surface area contributed by atoms with E-state index < -0.39 is 17.7 Å². The van der Waals surface area contributed by atoms with Crippen LogP contribution in [0, 0.1) is 17.0 Å². The molecule has 4 nitrogen and oxygen atoms in total. The first-order valence-electron chi connectivity index (χ1n) is 7.44. The summed E-state index contributed by atoms with van der Waals surface area (Å²) in [5.74, 6) is -1.01. The molecule has 122 valence electrons. The molecule has 1 aliphatic rings. The van der Waals surface area contributed by atoms with E-state index in [4.69, 9.17) is 5.73 Å². The van der Waals surface area contributed by atoms with Crippen LogP contribution in [0.4, 0.5) is 14.5 Å². The predicted molar refractivity (Wildman–Crippen MR) is 82.6 cm³/mol. The summed E-state index contributed by atoms with van der Waals surface area (Å²) in [7, 11) is 0. The molecule has 0 unspecified atom stereocenters. The van der Waals surface area contributed by atoms with Gasteiger partial charge in [-0.05, 0) is 17.5 Å². The molecule has 6 heteroatoms. The topological polar surface area (TPSA) is 49.6 Å². The molecule has 0 spiro atoms. The van der Waals surface area contributed by atoms with Crippen LogP contribution in [0.25, 0.3) is 0 Å². The van der Waals surface area contributed by atoms with Gasteiger partial charge in [0.1, 0.15) is 11.6 Å². The zero-order chi connectivity index (χ0) is 16.5. The molecule has 1 amide bonds. The first-order chi connectivity index (χ1) is 10.2. The molecule has 2 rings (SSSR count). The van der Waals surface area contributed by atoms with Gasteiger partial charge in [-0.2, -0.15) is 0 Å². The second kappa shape index (κ2) is 6.20. The Morgan fingerprint density at radius 3 is 2.32 bits per heavy atom. The highest BCUT2D eigenvalue weighted by atomic mass is 19.1. The summed E-state index contributed by atoms with van der Waals surface area (Å²) in [6.45, 7) is 7.61. The number of nitrogens with zero attached hydrogens (tertiary/aromatic N) is 2. The zero-order valence-corrected chi connectivity index (χ0v) is 13.3. The Morgan fingerprint density at radius 2 is 1.77 bits per heavy atom. The number of piperazine rings is 1. The number of nitrogens with two attached hydrogens (primary N) is 1. The van der Waals surface area contributed by atoms with Gasteiger partial charge < -0.3 is 15.5 Å². The monoisotopic (exact) mass is 311 g/mol. The fraction of sp³-hybridized carbons (Fsp3) is 0.562. The van der Waals surface area contributed by atoms with Crippen LogP contribution in [0.5, 0.6) is 0 Å². The van der Waals surface area contributed by atoms with Crippen molar-refractivity contribution in [1.82, 2.24) is 4.90 Å². The lowest BCUT2D eigenvalue weighted by atomic mass is 9.86. The van der Waals surface area contributed by atoms with E-state index in [9.17, 15) is 13.6 Å². The molecule has 0 aromatic heterocycles. The third-order valence-corrected chi connectivity index (χ3v) is 4.04. The maximum Gasteiger partial charge on any atom is 0.240 e. The first kappa shape index (κ1) is 16.7. The molecule has 0 saturated carbocycles. The Bertz CT molecular complexity index is 549. The smallest absolute Gasteiger partial charge is 0.240 e. The number of hydrogen-bond acceptors (Lipinski definition) is 3. The number of anilines is 1. The predicted octanol–water partition coefficient (Wildman–Crippen LogP) is 1.99. The Labute approximate surface area is 129 Å². The van der Waals surface area contributed by atoms with Crippen LogP contribution in [0.1, 0.15) is 20.8 Å². The SMILES string of the molecule is CC(C)(C)[C@H](N)C(=O)N1CCN(c2cc(F)ccc2F)CC1. The standard InChI is InChI=1S/C16H23F2N3O/c1-16(2,3)14(19)15(22)21-8-6-20(7-9-21)13-10-11(17)4-5-12(13)18/h4-5,10,14H,6-9,19H2,1-3H3/t14-/m1/s1. The Hall–Kier alpha value is -1.69. The van der Waals surface area contributed by atoms with Crippen LogP contribution in [0.2, 0.25) is 0 Å². The number of rotatable bonds is 2. The minimum Gasteiger partial charge on any atom is -0.366 e. The van der Waals surface area contributed by atoms with E-state index in [0.717, 1.165) is 12.1 Å². The van der Waals surface area contributed by atoms with Gasteiger partial charge in [0.05, 0.1) is 11.7 Å². The van der Waals surface area contributed by atoms with E-state index in [1.807, 2.05) is 20.8 Å². The summed E-state index contributed by atoms with van der Waals surface area (Å²) in [4.78, 5) is 15.8. The molecule has 22 heavy (non-hydrogen) atoms. The maximum absolute atomic E-state index is 13.8. The number of halogens is 2. The molecule has 1 fully saturated rings. The largest absolute Gasteiger partial charge is 0.366 e. The molecular weight excluding hydrogens is 288 g/mol. The lowest BCUT2D eigenvalue weighted by Gasteiger charge is -2.39. The molecule has 1 aromatic carbocycles. The summed E-state index contributed by atoms with van der Waals surface area (Å²) in [6.07, 6.45) is 0. The number of carbonyl (C=O) groups excluding carboxylic acids is 1. The molecular formula is C16H23F2N3O. The highest BCUT2D eigenvalue weighted by Gasteiger charge is 2.32. The highest BCUT2D eigenvalue weighted by molar-refractivity contribution is 5.82. The Balaban J connectivity index is 2.01. The minimum atomic E-state index is -0.565. The quantitative estimate of drug-likeness (QED) is 0.909. The molecule has 0 radical (unpaired) electrons. The van der Waals surface area contributed by atoms with Crippen molar-refractivity contribution in [3.63, 3.8) is 0 Å². The number of hydrogen-bond donors (Lipinski definition) is 1. The maximum atomic E-state index is 13.8. The fourth-order valence-corrected chi connectivity index (χ4v) is 2.46. The van der Waals surface area contributed by atoms with Crippen LogP contribution in [0.3, 0.4) is 0 Å². The summed E-state index contributed by atoms with van der Waals surface area (Å²) < 4.78 is 27.1. The van der Waals surface area contributed by atoms with E-state index in [-0.39, 0.29) is 17.0 Å². The van der Waals surface area contributed by atoms with Gasteiger partial charge in [-0.1, -0.05) is 20.8 Å². The van der Waals surface area contributed by atoms with E-state index in [1.54, 1.807) is 9.80 Å². The molecule has 1 aliphatic heterocycles. The molecule has 1 aromatic rings. The molecule has 0 aliphatic carbocycles. The van der Waals surface area contributed by atoms with Gasteiger partial charge in [0.15, 0.2) is 0 Å². The lowest BCUT2D eigenvalue weighted by Crippen LogP contribution is -2.56. The van der Waals surface area contributed by atoms with Gasteiger partial charge >= 0.3 is 0 Å². The summed E-state index contributed by atoms with van der Waals surface area (Å²) in [6, 6.07) is 2.84. The van der Waals surface area contributed by atoms with E-state index in [2.05, 4.69) is 0 Å². The van der Waals surface area contributed by atoms with Crippen LogP contribution < -0.4 is 10.6 Å². The normalized spacial score (nSPS) is 17.5. The molecule has 0 bridgehead atoms. The van der Waals surface area contributed by atoms with Gasteiger partial charge in [0.25, 0.3) is 0 Å². The first-order valence-corrected chi connectivity index (χ1v) is 7.44. The molecule has 1 saturated heterocycles. The number of amides is 1. The minimum absolute atomic E-state index is 0.0909. The zero-order valence-electron chi connectivity index (χ0n) is 13.3. The van der Waals surface area contributed by atoms with E-state index in [0.29, 0.717) is 26.2 Å². The Morgan fingerprint density at radius 1 is 1.18 bits per heavy atom. The van der Waals surface area contributed by atoms with E-state index in [1.165, 1.54) is 6.07 Å². The second-order valence-electron chi connectivity index (χ2n) is 6.75. The van der Waals surface area contributed by atoms with Gasteiger partial charge in [-0.15, -0.1) is 0 Å². The van der Waals surface area contributed by atoms with Gasteiger partial charge in [-0.25, -0.2) is 8.78 Å². The lowest BCUT2D eigenvalue weighted by molar-refractivity contribution is -0.135. The van der Waals surface area contributed by atoms with Crippen LogP contribution in [-0.2, 0) is 4.79 Å². The van der Waals surface area contributed by atoms with Crippen molar-refractivity contribution in [3.8, 4) is 0 Å². The number of carbonyl (C=O) groups is 1. The van der Waals surface area contributed by atoms with Crippen molar-refractivity contribution >= 4 is 11.6 Å². The highest BCUT2D eigenvalue weighted by Crippen LogP contribution is 2.23. The molecule has 1 heterocycles. The van der Waals surface area contributed by atoms with Crippen molar-refractivity contribution in [2.45, 2.75) is 26.8 Å². The molecule has 1 atom stereocenters. The van der Waals surface area contributed by atoms with E-state index >= 15 is 0 Å². The van der Waals surface area contributed by atoms with Crippen molar-refractivity contribution in [1.29, 1.82) is 0 Å². The summed E-state index contributed by atoms with van der Waals surface area (Å²) in [5.41, 5.74) is 5.94. The summed E-state index contributed by atoms with van der Waals surface area (Å²) in [5, 5.41) is 0. The van der Waals surface area contributed by atoms with Gasteiger partial charge in [0.2, 0.25) is 5.91 Å². The van der Waals surface area contributed by atoms with Crippen molar-refractivity contribution < 1.29 is 13.6 Å². The second-order valence-corrected chi connectivity index (χ2v) is 6.75. The third-order valence-electron chi connectivity index (χ3n) is 4.04. The van der Waals surface area contributed by atoms with Gasteiger partial charge in [0, 0.05) is 32.2 Å². The van der Waals surface area contributed by atoms with Crippen molar-refractivity contribution in [3.05, 3.63) is 29.8 Å². The van der Waals surface area contributed by atoms with Crippen LogP contribution in [0.15, 0.2) is 18.2 Å². The Kier molecular flexibility index (Phi) is 4.70. The molecule has 2 N–H and O–H groups in total. The number of benzene rings is 1. The van der Waals surface area contributed by atoms with Crippen molar-refractivity contribution in [2.24, 2.45) is 11.1 Å². The van der Waals surface area contributed by atoms with Crippen LogP contribution in [-0.4, -0.2) is 43.0 Å². The van der Waals surface area contributed by atoms with Crippen molar-refractivity contribution in [2.75, 3.05) is 31.1 Å². The fourth-order valence-electron chi connectivity index (χ4n) is 2.46.